The van der Waals surface area contributed by atoms with Crippen LogP contribution in [0.4, 0.5) is 10.6 Å². The zero-order valence-electron chi connectivity index (χ0n) is 11.2. The minimum Gasteiger partial charge on any atom is -0.497 e. The SMILES string of the molecule is COc1ccc(OCNC(=O)Nc2cc(C)on2)cc1. The molecule has 0 fully saturated rings. The van der Waals surface area contributed by atoms with Crippen LogP contribution >= 0.6 is 0 Å². The second-order valence-electron chi connectivity index (χ2n) is 3.92. The van der Waals surface area contributed by atoms with E-state index in [2.05, 4.69) is 15.8 Å². The zero-order chi connectivity index (χ0) is 14.4. The molecule has 0 saturated carbocycles. The summed E-state index contributed by atoms with van der Waals surface area (Å²) in [5, 5.41) is 8.68. The van der Waals surface area contributed by atoms with E-state index >= 15 is 0 Å². The van der Waals surface area contributed by atoms with Crippen molar-refractivity contribution >= 4 is 11.8 Å². The van der Waals surface area contributed by atoms with Crippen molar-refractivity contribution in [2.75, 3.05) is 19.2 Å². The summed E-state index contributed by atoms with van der Waals surface area (Å²) in [6.45, 7) is 1.78. The monoisotopic (exact) mass is 277 g/mol. The topological polar surface area (TPSA) is 85.6 Å². The number of carbonyl (C=O) groups excluding carboxylic acids is 1. The molecule has 2 aromatic rings. The first-order chi connectivity index (χ1) is 9.67. The minimum atomic E-state index is -0.424. The smallest absolute Gasteiger partial charge is 0.323 e. The number of nitrogens with zero attached hydrogens (tertiary/aromatic N) is 1. The number of amides is 2. The molecule has 2 amide bonds. The van der Waals surface area contributed by atoms with Gasteiger partial charge in [0.05, 0.1) is 7.11 Å². The maximum absolute atomic E-state index is 11.5. The molecule has 1 aromatic carbocycles. The number of hydrogen-bond acceptors (Lipinski definition) is 5. The molecule has 0 aliphatic heterocycles. The Bertz CT molecular complexity index is 565. The Morgan fingerprint density at radius 1 is 1.30 bits per heavy atom. The van der Waals surface area contributed by atoms with Crippen LogP contribution in [0.2, 0.25) is 0 Å². The first-order valence-corrected chi connectivity index (χ1v) is 5.92. The van der Waals surface area contributed by atoms with Gasteiger partial charge in [0.1, 0.15) is 17.3 Å². The third-order valence-corrected chi connectivity index (χ3v) is 2.40. The highest BCUT2D eigenvalue weighted by Crippen LogP contribution is 2.16. The molecule has 0 unspecified atom stereocenters. The van der Waals surface area contributed by atoms with Gasteiger partial charge in [0.15, 0.2) is 12.5 Å². The molecule has 0 atom stereocenters. The highest BCUT2D eigenvalue weighted by Gasteiger charge is 2.05. The maximum atomic E-state index is 11.5. The van der Waals surface area contributed by atoms with Gasteiger partial charge in [-0.15, -0.1) is 0 Å². The van der Waals surface area contributed by atoms with Crippen molar-refractivity contribution in [3.63, 3.8) is 0 Å². The fourth-order valence-corrected chi connectivity index (χ4v) is 1.44. The third-order valence-electron chi connectivity index (χ3n) is 2.40. The maximum Gasteiger partial charge on any atom is 0.323 e. The van der Waals surface area contributed by atoms with Gasteiger partial charge in [-0.3, -0.25) is 5.32 Å². The van der Waals surface area contributed by atoms with Gasteiger partial charge < -0.3 is 19.3 Å². The number of anilines is 1. The van der Waals surface area contributed by atoms with E-state index in [0.717, 1.165) is 5.75 Å². The van der Waals surface area contributed by atoms with E-state index in [0.29, 0.717) is 17.3 Å². The first kappa shape index (κ1) is 13.7. The summed E-state index contributed by atoms with van der Waals surface area (Å²) in [7, 11) is 1.59. The normalized spacial score (nSPS) is 9.90. The van der Waals surface area contributed by atoms with Gasteiger partial charge >= 0.3 is 6.03 Å². The summed E-state index contributed by atoms with van der Waals surface area (Å²) in [5.74, 6) is 2.34. The van der Waals surface area contributed by atoms with Crippen molar-refractivity contribution in [2.45, 2.75) is 6.92 Å². The second kappa shape index (κ2) is 6.46. The van der Waals surface area contributed by atoms with E-state index in [9.17, 15) is 4.79 Å². The Hall–Kier alpha value is -2.70. The summed E-state index contributed by atoms with van der Waals surface area (Å²) < 4.78 is 15.2. The Labute approximate surface area is 115 Å². The molecule has 2 rings (SSSR count). The van der Waals surface area contributed by atoms with E-state index < -0.39 is 6.03 Å². The van der Waals surface area contributed by atoms with Crippen molar-refractivity contribution in [1.82, 2.24) is 10.5 Å². The fourth-order valence-electron chi connectivity index (χ4n) is 1.44. The summed E-state index contributed by atoms with van der Waals surface area (Å²) in [5.41, 5.74) is 0. The standard InChI is InChI=1S/C13H15N3O4/c1-9-7-12(16-20-9)15-13(17)14-8-19-11-5-3-10(18-2)4-6-11/h3-7H,8H2,1-2H3,(H2,14,15,16,17). The van der Waals surface area contributed by atoms with Crippen LogP contribution < -0.4 is 20.1 Å². The van der Waals surface area contributed by atoms with Gasteiger partial charge in [0.25, 0.3) is 0 Å². The molecule has 0 aliphatic carbocycles. The van der Waals surface area contributed by atoms with Gasteiger partial charge in [0.2, 0.25) is 0 Å². The Morgan fingerprint density at radius 2 is 2.00 bits per heavy atom. The van der Waals surface area contributed by atoms with Crippen LogP contribution in [0, 0.1) is 6.92 Å². The lowest BCUT2D eigenvalue weighted by Gasteiger charge is -2.08. The quantitative estimate of drug-likeness (QED) is 0.818. The first-order valence-electron chi connectivity index (χ1n) is 5.92. The Kier molecular flexibility index (Phi) is 4.43. The summed E-state index contributed by atoms with van der Waals surface area (Å²) in [6.07, 6.45) is 0. The van der Waals surface area contributed by atoms with Gasteiger partial charge in [-0.05, 0) is 31.2 Å². The van der Waals surface area contributed by atoms with Crippen molar-refractivity contribution in [3.05, 3.63) is 36.1 Å². The van der Waals surface area contributed by atoms with Crippen LogP contribution in [-0.2, 0) is 0 Å². The number of carbonyl (C=O) groups is 1. The average molecular weight is 277 g/mol. The minimum absolute atomic E-state index is 0.0367. The molecule has 0 bridgehead atoms. The molecule has 0 saturated heterocycles. The summed E-state index contributed by atoms with van der Waals surface area (Å²) >= 11 is 0. The number of nitrogens with one attached hydrogen (secondary N) is 2. The number of methoxy groups -OCH3 is 1. The Balaban J connectivity index is 1.73. The van der Waals surface area contributed by atoms with Gasteiger partial charge in [-0.25, -0.2) is 4.79 Å². The lowest BCUT2D eigenvalue weighted by atomic mass is 10.3. The summed E-state index contributed by atoms with van der Waals surface area (Å²) in [4.78, 5) is 11.5. The number of aryl methyl sites for hydroxylation is 1. The third kappa shape index (κ3) is 3.91. The van der Waals surface area contributed by atoms with Crippen molar-refractivity contribution in [1.29, 1.82) is 0 Å². The van der Waals surface area contributed by atoms with Gasteiger partial charge in [-0.1, -0.05) is 5.16 Å². The van der Waals surface area contributed by atoms with E-state index in [1.54, 1.807) is 44.4 Å². The number of aromatic nitrogens is 1. The second-order valence-corrected chi connectivity index (χ2v) is 3.92. The molecule has 106 valence electrons. The molecule has 2 N–H and O–H groups in total. The molecule has 1 heterocycles. The highest BCUT2D eigenvalue weighted by molar-refractivity contribution is 5.87. The van der Waals surface area contributed by atoms with E-state index in [4.69, 9.17) is 14.0 Å². The van der Waals surface area contributed by atoms with Crippen LogP contribution in [0.15, 0.2) is 34.9 Å². The molecule has 0 spiro atoms. The number of hydrogen-bond donors (Lipinski definition) is 2. The fraction of sp³-hybridized carbons (Fsp3) is 0.231. The predicted molar refractivity (Wildman–Crippen MR) is 71.9 cm³/mol. The lowest BCUT2D eigenvalue weighted by molar-refractivity contribution is 0.234. The number of benzene rings is 1. The van der Waals surface area contributed by atoms with Crippen LogP contribution in [0.5, 0.6) is 11.5 Å². The predicted octanol–water partition coefficient (Wildman–Crippen LogP) is 2.15. The Morgan fingerprint density at radius 3 is 2.60 bits per heavy atom. The van der Waals surface area contributed by atoms with Crippen LogP contribution in [0.3, 0.4) is 0 Å². The van der Waals surface area contributed by atoms with Crippen molar-refractivity contribution in [3.8, 4) is 11.5 Å². The zero-order valence-corrected chi connectivity index (χ0v) is 11.2. The van der Waals surface area contributed by atoms with Crippen LogP contribution in [0.25, 0.3) is 0 Å². The van der Waals surface area contributed by atoms with Gasteiger partial charge in [-0.2, -0.15) is 0 Å². The van der Waals surface area contributed by atoms with Crippen molar-refractivity contribution < 1.29 is 18.8 Å². The highest BCUT2D eigenvalue weighted by atomic mass is 16.5. The molecule has 1 aromatic heterocycles. The molecule has 0 aliphatic rings. The molecular formula is C13H15N3O4. The van der Waals surface area contributed by atoms with Gasteiger partial charge in [0, 0.05) is 6.07 Å². The van der Waals surface area contributed by atoms with E-state index in [-0.39, 0.29) is 6.73 Å². The largest absolute Gasteiger partial charge is 0.497 e. The molecule has 0 radical (unpaired) electrons. The summed E-state index contributed by atoms with van der Waals surface area (Å²) in [6, 6.07) is 8.23. The molecule has 7 nitrogen and oxygen atoms in total. The van der Waals surface area contributed by atoms with Crippen LogP contribution in [0.1, 0.15) is 5.76 Å². The molecule has 20 heavy (non-hydrogen) atoms. The number of urea groups is 1. The number of ether oxygens (including phenoxy) is 2. The average Bonchev–Trinajstić information content (AvgIpc) is 2.85. The molecule has 7 heteroatoms. The van der Waals surface area contributed by atoms with Crippen molar-refractivity contribution in [2.24, 2.45) is 0 Å². The molecular weight excluding hydrogens is 262 g/mol. The van der Waals surface area contributed by atoms with Crippen LogP contribution in [-0.4, -0.2) is 25.0 Å². The van der Waals surface area contributed by atoms with E-state index in [1.165, 1.54) is 0 Å². The number of rotatable bonds is 5. The lowest BCUT2D eigenvalue weighted by Crippen LogP contribution is -2.32. The van der Waals surface area contributed by atoms with E-state index in [1.807, 2.05) is 0 Å².